The lowest BCUT2D eigenvalue weighted by Gasteiger charge is -2.26. The van der Waals surface area contributed by atoms with Gasteiger partial charge in [0.15, 0.2) is 0 Å². The first kappa shape index (κ1) is 15.8. The number of hydrogen-bond acceptors (Lipinski definition) is 2. The highest BCUT2D eigenvalue weighted by Gasteiger charge is 2.20. The molecule has 3 heteroatoms. The molecule has 3 nitrogen and oxygen atoms in total. The lowest BCUT2D eigenvalue weighted by molar-refractivity contribution is -0.121. The molecule has 0 radical (unpaired) electrons. The third kappa shape index (κ3) is 5.82. The third-order valence-corrected chi connectivity index (χ3v) is 5.08. The largest absolute Gasteiger partial charge is 0.393 e. The van der Waals surface area contributed by atoms with E-state index in [1.165, 1.54) is 38.5 Å². The molecular weight excluding hydrogens is 250 g/mol. The predicted octanol–water partition coefficient (Wildman–Crippen LogP) is 3.40. The van der Waals surface area contributed by atoms with Crippen molar-refractivity contribution >= 4 is 5.91 Å². The Bertz CT molecular complexity index is 287. The molecule has 0 aromatic rings. The molecule has 0 spiro atoms. The zero-order valence-corrected chi connectivity index (χ0v) is 12.8. The molecule has 20 heavy (non-hydrogen) atoms. The van der Waals surface area contributed by atoms with Crippen LogP contribution in [0.4, 0.5) is 0 Å². The third-order valence-electron chi connectivity index (χ3n) is 5.08. The van der Waals surface area contributed by atoms with Crippen molar-refractivity contribution in [1.29, 1.82) is 0 Å². The highest BCUT2D eigenvalue weighted by Crippen LogP contribution is 2.27. The Morgan fingerprint density at radius 1 is 1.00 bits per heavy atom. The summed E-state index contributed by atoms with van der Waals surface area (Å²) in [6.07, 6.45) is 13.8. The van der Waals surface area contributed by atoms with Gasteiger partial charge in [-0.25, -0.2) is 0 Å². The van der Waals surface area contributed by atoms with Gasteiger partial charge in [0, 0.05) is 13.0 Å². The second-order valence-corrected chi connectivity index (χ2v) is 6.89. The maximum Gasteiger partial charge on any atom is 0.220 e. The van der Waals surface area contributed by atoms with Crippen molar-refractivity contribution in [2.24, 2.45) is 11.8 Å². The van der Waals surface area contributed by atoms with Gasteiger partial charge in [-0.05, 0) is 43.9 Å². The van der Waals surface area contributed by atoms with Crippen LogP contribution < -0.4 is 5.32 Å². The number of carbonyl (C=O) groups is 1. The lowest BCUT2D eigenvalue weighted by atomic mass is 9.85. The minimum Gasteiger partial charge on any atom is -0.393 e. The van der Waals surface area contributed by atoms with E-state index in [2.05, 4.69) is 5.32 Å². The van der Waals surface area contributed by atoms with E-state index in [9.17, 15) is 9.90 Å². The molecule has 2 atom stereocenters. The van der Waals surface area contributed by atoms with Gasteiger partial charge in [0.2, 0.25) is 5.91 Å². The lowest BCUT2D eigenvalue weighted by Crippen LogP contribution is -2.32. The van der Waals surface area contributed by atoms with Crippen LogP contribution in [0.5, 0.6) is 0 Å². The topological polar surface area (TPSA) is 49.3 Å². The fourth-order valence-corrected chi connectivity index (χ4v) is 3.82. The number of rotatable bonds is 6. The monoisotopic (exact) mass is 281 g/mol. The molecule has 0 heterocycles. The molecule has 0 bridgehead atoms. The van der Waals surface area contributed by atoms with Gasteiger partial charge < -0.3 is 10.4 Å². The average Bonchev–Trinajstić information content (AvgIpc) is 2.46. The molecule has 116 valence electrons. The van der Waals surface area contributed by atoms with Crippen LogP contribution in [0, 0.1) is 11.8 Å². The highest BCUT2D eigenvalue weighted by molar-refractivity contribution is 5.75. The van der Waals surface area contributed by atoms with Crippen LogP contribution in [0.25, 0.3) is 0 Å². The zero-order valence-electron chi connectivity index (χ0n) is 12.8. The molecule has 0 saturated heterocycles. The van der Waals surface area contributed by atoms with Crippen molar-refractivity contribution in [3.05, 3.63) is 0 Å². The Labute approximate surface area is 123 Å². The second kappa shape index (κ2) is 8.66. The highest BCUT2D eigenvalue weighted by atomic mass is 16.3. The molecule has 0 aliphatic heterocycles. The van der Waals surface area contributed by atoms with Crippen molar-refractivity contribution in [2.75, 3.05) is 6.54 Å². The van der Waals surface area contributed by atoms with Crippen molar-refractivity contribution < 1.29 is 9.90 Å². The average molecular weight is 281 g/mol. The summed E-state index contributed by atoms with van der Waals surface area (Å²) in [7, 11) is 0. The summed E-state index contributed by atoms with van der Waals surface area (Å²) in [6.45, 7) is 0.763. The molecule has 2 rings (SSSR count). The Kier molecular flexibility index (Phi) is 6.85. The van der Waals surface area contributed by atoms with E-state index in [4.69, 9.17) is 0 Å². The SMILES string of the molecule is O=C(CCCC1CCCCC1)NCC1CCCC(O)C1. The van der Waals surface area contributed by atoms with Crippen molar-refractivity contribution in [3.8, 4) is 0 Å². The van der Waals surface area contributed by atoms with E-state index < -0.39 is 0 Å². The summed E-state index contributed by atoms with van der Waals surface area (Å²) in [5.41, 5.74) is 0. The standard InChI is InChI=1S/C17H31NO2/c19-16-10-4-9-15(12-16)13-18-17(20)11-5-8-14-6-2-1-3-7-14/h14-16,19H,1-13H2,(H,18,20). The molecule has 2 fully saturated rings. The minimum atomic E-state index is -0.142. The quantitative estimate of drug-likeness (QED) is 0.784. The van der Waals surface area contributed by atoms with Gasteiger partial charge in [0.1, 0.15) is 0 Å². The summed E-state index contributed by atoms with van der Waals surface area (Å²) in [5.74, 6) is 1.58. The molecular formula is C17H31NO2. The fraction of sp³-hybridized carbons (Fsp3) is 0.941. The summed E-state index contributed by atoms with van der Waals surface area (Å²) >= 11 is 0. The number of amides is 1. The molecule has 2 N–H and O–H groups in total. The Balaban J connectivity index is 1.51. The first-order valence-electron chi connectivity index (χ1n) is 8.69. The van der Waals surface area contributed by atoms with Gasteiger partial charge in [-0.15, -0.1) is 0 Å². The molecule has 2 aliphatic carbocycles. The smallest absolute Gasteiger partial charge is 0.220 e. The number of aliphatic hydroxyl groups excluding tert-OH is 1. The van der Waals surface area contributed by atoms with Crippen molar-refractivity contribution in [2.45, 2.75) is 83.2 Å². The van der Waals surface area contributed by atoms with Crippen LogP contribution >= 0.6 is 0 Å². The Hall–Kier alpha value is -0.570. The van der Waals surface area contributed by atoms with E-state index in [1.54, 1.807) is 0 Å². The second-order valence-electron chi connectivity index (χ2n) is 6.89. The number of carbonyl (C=O) groups excluding carboxylic acids is 1. The molecule has 2 saturated carbocycles. The normalized spacial score (nSPS) is 28.2. The molecule has 1 amide bonds. The van der Waals surface area contributed by atoms with E-state index in [-0.39, 0.29) is 12.0 Å². The van der Waals surface area contributed by atoms with Gasteiger partial charge in [-0.2, -0.15) is 0 Å². The van der Waals surface area contributed by atoms with Crippen LogP contribution in [-0.2, 0) is 4.79 Å². The first-order valence-corrected chi connectivity index (χ1v) is 8.69. The van der Waals surface area contributed by atoms with Crippen LogP contribution in [0.3, 0.4) is 0 Å². The summed E-state index contributed by atoms with van der Waals surface area (Å²) in [6, 6.07) is 0. The molecule has 2 aliphatic rings. The van der Waals surface area contributed by atoms with Gasteiger partial charge >= 0.3 is 0 Å². The van der Waals surface area contributed by atoms with E-state index >= 15 is 0 Å². The van der Waals surface area contributed by atoms with Gasteiger partial charge in [-0.1, -0.05) is 38.5 Å². The van der Waals surface area contributed by atoms with Crippen LogP contribution in [-0.4, -0.2) is 23.7 Å². The van der Waals surface area contributed by atoms with E-state index in [0.717, 1.165) is 44.6 Å². The first-order chi connectivity index (χ1) is 9.74. The number of aliphatic hydroxyl groups is 1. The minimum absolute atomic E-state index is 0.142. The Morgan fingerprint density at radius 3 is 2.50 bits per heavy atom. The van der Waals surface area contributed by atoms with E-state index in [0.29, 0.717) is 12.3 Å². The molecule has 2 unspecified atom stereocenters. The van der Waals surface area contributed by atoms with Gasteiger partial charge in [0.25, 0.3) is 0 Å². The fourth-order valence-electron chi connectivity index (χ4n) is 3.82. The molecule has 0 aromatic carbocycles. The van der Waals surface area contributed by atoms with Crippen molar-refractivity contribution in [1.82, 2.24) is 5.32 Å². The summed E-state index contributed by atoms with van der Waals surface area (Å²) in [4.78, 5) is 11.8. The zero-order chi connectivity index (χ0) is 14.2. The van der Waals surface area contributed by atoms with Crippen molar-refractivity contribution in [3.63, 3.8) is 0 Å². The number of hydrogen-bond donors (Lipinski definition) is 2. The maximum atomic E-state index is 11.8. The van der Waals surface area contributed by atoms with E-state index in [1.807, 2.05) is 0 Å². The maximum absolute atomic E-state index is 11.8. The van der Waals surface area contributed by atoms with Gasteiger partial charge in [-0.3, -0.25) is 4.79 Å². The molecule has 0 aromatic heterocycles. The number of nitrogens with one attached hydrogen (secondary N) is 1. The Morgan fingerprint density at radius 2 is 1.75 bits per heavy atom. The van der Waals surface area contributed by atoms with Crippen LogP contribution in [0.1, 0.15) is 77.0 Å². The predicted molar refractivity (Wildman–Crippen MR) is 81.4 cm³/mol. The van der Waals surface area contributed by atoms with Gasteiger partial charge in [0.05, 0.1) is 6.10 Å². The summed E-state index contributed by atoms with van der Waals surface area (Å²) in [5, 5.41) is 12.7. The summed E-state index contributed by atoms with van der Waals surface area (Å²) < 4.78 is 0. The van der Waals surface area contributed by atoms with Crippen LogP contribution in [0.2, 0.25) is 0 Å². The van der Waals surface area contributed by atoms with Crippen LogP contribution in [0.15, 0.2) is 0 Å².